The zero-order valence-electron chi connectivity index (χ0n) is 19.6. The number of piperidine rings is 1. The Balaban J connectivity index is 1.48. The number of nitrogens with zero attached hydrogens (tertiary/aromatic N) is 2. The van der Waals surface area contributed by atoms with Crippen LogP contribution in [0.4, 0.5) is 0 Å². The minimum Gasteiger partial charge on any atom is -0.342 e. The van der Waals surface area contributed by atoms with Gasteiger partial charge in [-0.15, -0.1) is 0 Å². The number of halogens is 3. The van der Waals surface area contributed by atoms with Crippen LogP contribution >= 0.6 is 34.8 Å². The van der Waals surface area contributed by atoms with Gasteiger partial charge in [0.05, 0.1) is 21.5 Å². The third kappa shape index (κ3) is 6.81. The SMILES string of the molecule is O=C(CN(Cc1ccc(Cl)c(Cl)c1)S(=O)(=O)c1ccc(Cl)cc1)N1CCC(Cc2ccccc2)CC1. The van der Waals surface area contributed by atoms with E-state index in [2.05, 4.69) is 12.1 Å². The molecule has 1 aliphatic heterocycles. The molecule has 1 aliphatic rings. The zero-order valence-corrected chi connectivity index (χ0v) is 22.7. The van der Waals surface area contributed by atoms with Crippen LogP contribution in [-0.4, -0.2) is 43.2 Å². The summed E-state index contributed by atoms with van der Waals surface area (Å²) in [4.78, 5) is 15.1. The van der Waals surface area contributed by atoms with Crippen LogP contribution in [0.5, 0.6) is 0 Å². The lowest BCUT2D eigenvalue weighted by molar-refractivity contribution is -0.132. The molecule has 1 heterocycles. The van der Waals surface area contributed by atoms with Crippen molar-refractivity contribution in [3.05, 3.63) is 99.0 Å². The van der Waals surface area contributed by atoms with Gasteiger partial charge in [0.2, 0.25) is 15.9 Å². The molecule has 1 saturated heterocycles. The first kappa shape index (κ1) is 27.0. The predicted molar refractivity (Wildman–Crippen MR) is 145 cm³/mol. The number of sulfonamides is 1. The van der Waals surface area contributed by atoms with E-state index in [0.717, 1.165) is 19.3 Å². The van der Waals surface area contributed by atoms with Crippen LogP contribution in [-0.2, 0) is 27.8 Å². The summed E-state index contributed by atoms with van der Waals surface area (Å²) >= 11 is 18.1. The molecule has 0 N–H and O–H groups in total. The van der Waals surface area contributed by atoms with E-state index in [1.54, 1.807) is 23.1 Å². The number of benzene rings is 3. The fourth-order valence-corrected chi connectivity index (χ4v) is 6.23. The number of likely N-dealkylation sites (tertiary alicyclic amines) is 1. The minimum absolute atomic E-state index is 0.0158. The Labute approximate surface area is 227 Å². The van der Waals surface area contributed by atoms with Crippen molar-refractivity contribution in [3.63, 3.8) is 0 Å². The first-order chi connectivity index (χ1) is 17.2. The number of rotatable bonds is 8. The van der Waals surface area contributed by atoms with Crippen molar-refractivity contribution < 1.29 is 13.2 Å². The molecule has 36 heavy (non-hydrogen) atoms. The lowest BCUT2D eigenvalue weighted by Gasteiger charge is -2.33. The Morgan fingerprint density at radius 1 is 0.861 bits per heavy atom. The van der Waals surface area contributed by atoms with Crippen molar-refractivity contribution in [3.8, 4) is 0 Å². The Morgan fingerprint density at radius 2 is 1.53 bits per heavy atom. The largest absolute Gasteiger partial charge is 0.342 e. The van der Waals surface area contributed by atoms with Crippen molar-refractivity contribution in [1.29, 1.82) is 0 Å². The highest BCUT2D eigenvalue weighted by Crippen LogP contribution is 2.27. The van der Waals surface area contributed by atoms with E-state index in [9.17, 15) is 13.2 Å². The molecule has 0 radical (unpaired) electrons. The Kier molecular flexibility index (Phi) is 8.96. The maximum Gasteiger partial charge on any atom is 0.243 e. The van der Waals surface area contributed by atoms with Crippen LogP contribution in [0, 0.1) is 5.92 Å². The lowest BCUT2D eigenvalue weighted by Crippen LogP contribution is -2.45. The van der Waals surface area contributed by atoms with E-state index in [1.807, 2.05) is 18.2 Å². The highest BCUT2D eigenvalue weighted by molar-refractivity contribution is 7.89. The molecule has 0 bridgehead atoms. The lowest BCUT2D eigenvalue weighted by atomic mass is 9.90. The third-order valence-corrected chi connectivity index (χ3v) is 9.24. The first-order valence-corrected chi connectivity index (χ1v) is 14.3. The van der Waals surface area contributed by atoms with E-state index >= 15 is 0 Å². The standard InChI is InChI=1S/C27H27Cl3N2O3S/c28-23-7-9-24(10-8-23)36(34,35)32(18-22-6-11-25(29)26(30)17-22)19-27(33)31-14-12-21(13-15-31)16-20-4-2-1-3-5-20/h1-11,17,21H,12-16,18-19H2. The number of hydrogen-bond acceptors (Lipinski definition) is 3. The van der Waals surface area contributed by atoms with Crippen molar-refractivity contribution in [2.75, 3.05) is 19.6 Å². The fraction of sp³-hybridized carbons (Fsp3) is 0.296. The molecule has 0 aromatic heterocycles. The molecule has 1 fully saturated rings. The molecule has 5 nitrogen and oxygen atoms in total. The maximum atomic E-state index is 13.5. The van der Waals surface area contributed by atoms with Gasteiger partial charge in [-0.05, 0) is 72.7 Å². The molecule has 9 heteroatoms. The number of carbonyl (C=O) groups excluding carboxylic acids is 1. The Bertz CT molecular complexity index is 1290. The van der Waals surface area contributed by atoms with Crippen LogP contribution in [0.15, 0.2) is 77.7 Å². The van der Waals surface area contributed by atoms with Gasteiger partial charge in [-0.25, -0.2) is 8.42 Å². The molecule has 0 spiro atoms. The van der Waals surface area contributed by atoms with Crippen molar-refractivity contribution in [2.24, 2.45) is 5.92 Å². The summed E-state index contributed by atoms with van der Waals surface area (Å²) in [5.74, 6) is 0.285. The van der Waals surface area contributed by atoms with Gasteiger partial charge in [0.25, 0.3) is 0 Å². The van der Waals surface area contributed by atoms with Gasteiger partial charge >= 0.3 is 0 Å². The summed E-state index contributed by atoms with van der Waals surface area (Å²) in [6.45, 7) is 0.933. The molecule has 0 saturated carbocycles. The van der Waals surface area contributed by atoms with E-state index in [1.165, 1.54) is 34.1 Å². The summed E-state index contributed by atoms with van der Waals surface area (Å²) < 4.78 is 28.2. The third-order valence-electron chi connectivity index (χ3n) is 6.44. The normalized spacial score (nSPS) is 14.8. The molecule has 3 aromatic carbocycles. The second-order valence-corrected chi connectivity index (χ2v) is 12.2. The monoisotopic (exact) mass is 564 g/mol. The predicted octanol–water partition coefficient (Wildman–Crippen LogP) is 6.32. The van der Waals surface area contributed by atoms with Crippen LogP contribution in [0.2, 0.25) is 15.1 Å². The fourth-order valence-electron chi connectivity index (χ4n) is 4.41. The maximum absolute atomic E-state index is 13.5. The number of hydrogen-bond donors (Lipinski definition) is 0. The van der Waals surface area contributed by atoms with E-state index in [-0.39, 0.29) is 23.9 Å². The average Bonchev–Trinajstić information content (AvgIpc) is 2.87. The number of amides is 1. The zero-order chi connectivity index (χ0) is 25.7. The van der Waals surface area contributed by atoms with Crippen LogP contribution in [0.1, 0.15) is 24.0 Å². The number of carbonyl (C=O) groups is 1. The van der Waals surface area contributed by atoms with Crippen LogP contribution in [0.3, 0.4) is 0 Å². The van der Waals surface area contributed by atoms with E-state index in [4.69, 9.17) is 34.8 Å². The molecule has 1 amide bonds. The molecule has 3 aromatic rings. The average molecular weight is 566 g/mol. The molecule has 4 rings (SSSR count). The molecule has 0 aliphatic carbocycles. The Morgan fingerprint density at radius 3 is 2.17 bits per heavy atom. The smallest absolute Gasteiger partial charge is 0.243 e. The van der Waals surface area contributed by atoms with Gasteiger partial charge in [-0.3, -0.25) is 4.79 Å². The second-order valence-electron chi connectivity index (χ2n) is 8.99. The molecule has 0 unspecified atom stereocenters. The summed E-state index contributed by atoms with van der Waals surface area (Å²) in [5, 5.41) is 1.13. The van der Waals surface area contributed by atoms with Crippen molar-refractivity contribution in [1.82, 2.24) is 9.21 Å². The van der Waals surface area contributed by atoms with Crippen molar-refractivity contribution >= 4 is 50.7 Å². The summed E-state index contributed by atoms with van der Waals surface area (Å²) in [5.41, 5.74) is 1.93. The first-order valence-electron chi connectivity index (χ1n) is 11.7. The van der Waals surface area contributed by atoms with Gasteiger partial charge in [0.1, 0.15) is 0 Å². The summed E-state index contributed by atoms with van der Waals surface area (Å²) in [7, 11) is -3.97. The van der Waals surface area contributed by atoms with Gasteiger partial charge in [-0.1, -0.05) is 71.2 Å². The van der Waals surface area contributed by atoms with Crippen LogP contribution in [0.25, 0.3) is 0 Å². The molecule has 190 valence electrons. The highest BCUT2D eigenvalue weighted by atomic mass is 35.5. The quantitative estimate of drug-likeness (QED) is 0.321. The summed E-state index contributed by atoms with van der Waals surface area (Å²) in [6, 6.07) is 21.2. The Hall–Kier alpha value is -2.09. The highest BCUT2D eigenvalue weighted by Gasteiger charge is 2.30. The van der Waals surface area contributed by atoms with E-state index < -0.39 is 10.0 Å². The molecular formula is C27H27Cl3N2O3S. The van der Waals surface area contributed by atoms with Gasteiger partial charge in [0, 0.05) is 24.7 Å². The summed E-state index contributed by atoms with van der Waals surface area (Å²) in [6.07, 6.45) is 2.76. The molecule has 0 atom stereocenters. The second kappa shape index (κ2) is 12.0. The topological polar surface area (TPSA) is 57.7 Å². The van der Waals surface area contributed by atoms with Crippen molar-refractivity contribution in [2.45, 2.75) is 30.7 Å². The molecular weight excluding hydrogens is 539 g/mol. The van der Waals surface area contributed by atoms with E-state index in [0.29, 0.717) is 39.6 Å². The van der Waals surface area contributed by atoms with Gasteiger partial charge < -0.3 is 4.90 Å². The van der Waals surface area contributed by atoms with Crippen LogP contribution < -0.4 is 0 Å². The van der Waals surface area contributed by atoms with Gasteiger partial charge in [-0.2, -0.15) is 4.31 Å². The van der Waals surface area contributed by atoms with Gasteiger partial charge in [0.15, 0.2) is 0 Å². The minimum atomic E-state index is -3.97.